The molecule has 0 amide bonds. The van der Waals surface area contributed by atoms with Gasteiger partial charge in [0.15, 0.2) is 0 Å². The number of phenolic OH excluding ortho intramolecular Hbond substituents is 1. The summed E-state index contributed by atoms with van der Waals surface area (Å²) in [6, 6.07) is 14.5. The van der Waals surface area contributed by atoms with E-state index in [1.807, 2.05) is 24.3 Å². The van der Waals surface area contributed by atoms with Gasteiger partial charge in [-0.3, -0.25) is 0 Å². The predicted molar refractivity (Wildman–Crippen MR) is 81.5 cm³/mol. The number of halogens is 1. The molecule has 0 saturated heterocycles. The zero-order chi connectivity index (χ0) is 14.8. The van der Waals surface area contributed by atoms with Crippen LogP contribution in [0.25, 0.3) is 0 Å². The van der Waals surface area contributed by atoms with Crippen LogP contribution < -0.4 is 5.32 Å². The largest absolute Gasteiger partial charge is 0.508 e. The smallest absolute Gasteiger partial charge is 0.123 e. The Hall–Kier alpha value is -1.87. The average molecular weight is 285 g/mol. The first-order valence-corrected chi connectivity index (χ1v) is 7.44. The summed E-state index contributed by atoms with van der Waals surface area (Å²) in [5.41, 5.74) is 2.19. The van der Waals surface area contributed by atoms with Crippen LogP contribution in [0.5, 0.6) is 5.75 Å². The van der Waals surface area contributed by atoms with Gasteiger partial charge in [0.1, 0.15) is 11.6 Å². The summed E-state index contributed by atoms with van der Waals surface area (Å²) in [6.07, 6.45) is 2.42. The van der Waals surface area contributed by atoms with Gasteiger partial charge in [-0.1, -0.05) is 24.3 Å². The number of hydrogen-bond acceptors (Lipinski definition) is 2. The molecule has 0 aromatic heterocycles. The zero-order valence-corrected chi connectivity index (χ0v) is 12.1. The maximum atomic E-state index is 13.1. The highest BCUT2D eigenvalue weighted by Gasteiger charge is 2.33. The lowest BCUT2D eigenvalue weighted by atomic mass is 9.99. The highest BCUT2D eigenvalue weighted by Crippen LogP contribution is 2.42. The van der Waals surface area contributed by atoms with Crippen LogP contribution >= 0.6 is 0 Å². The third-order valence-electron chi connectivity index (χ3n) is 4.12. The van der Waals surface area contributed by atoms with Crippen molar-refractivity contribution in [3.8, 4) is 5.75 Å². The Morgan fingerprint density at radius 2 is 1.81 bits per heavy atom. The molecule has 2 N–H and O–H groups in total. The third kappa shape index (κ3) is 3.42. The first-order chi connectivity index (χ1) is 10.1. The van der Waals surface area contributed by atoms with Crippen molar-refractivity contribution in [3.63, 3.8) is 0 Å². The summed E-state index contributed by atoms with van der Waals surface area (Å²) >= 11 is 0. The lowest BCUT2D eigenvalue weighted by molar-refractivity contribution is 0.424. The number of nitrogens with one attached hydrogen (secondary N) is 1. The van der Waals surface area contributed by atoms with Gasteiger partial charge in [-0.05, 0) is 61.1 Å². The second kappa shape index (κ2) is 5.86. The van der Waals surface area contributed by atoms with Crippen molar-refractivity contribution in [2.45, 2.75) is 31.8 Å². The van der Waals surface area contributed by atoms with Crippen molar-refractivity contribution in [1.82, 2.24) is 5.32 Å². The van der Waals surface area contributed by atoms with Crippen molar-refractivity contribution in [3.05, 3.63) is 65.5 Å². The molecule has 2 nitrogen and oxygen atoms in total. The molecule has 0 aliphatic heterocycles. The second-order valence-corrected chi connectivity index (χ2v) is 5.85. The van der Waals surface area contributed by atoms with Crippen LogP contribution in [0.4, 0.5) is 4.39 Å². The van der Waals surface area contributed by atoms with Crippen LogP contribution in [0.3, 0.4) is 0 Å². The Morgan fingerprint density at radius 3 is 2.43 bits per heavy atom. The molecule has 0 radical (unpaired) electrons. The van der Waals surface area contributed by atoms with Crippen molar-refractivity contribution in [2.75, 3.05) is 0 Å². The monoisotopic (exact) mass is 285 g/mol. The van der Waals surface area contributed by atoms with Gasteiger partial charge in [-0.15, -0.1) is 0 Å². The summed E-state index contributed by atoms with van der Waals surface area (Å²) in [6.45, 7) is 2.09. The van der Waals surface area contributed by atoms with Gasteiger partial charge in [0.25, 0.3) is 0 Å². The van der Waals surface area contributed by atoms with Gasteiger partial charge in [-0.2, -0.15) is 0 Å². The maximum Gasteiger partial charge on any atom is 0.123 e. The summed E-state index contributed by atoms with van der Waals surface area (Å²) in [4.78, 5) is 0. The minimum atomic E-state index is -0.200. The highest BCUT2D eigenvalue weighted by atomic mass is 19.1. The fourth-order valence-electron chi connectivity index (χ4n) is 2.76. The van der Waals surface area contributed by atoms with Gasteiger partial charge in [0.2, 0.25) is 0 Å². The molecule has 1 aliphatic carbocycles. The molecule has 110 valence electrons. The van der Waals surface area contributed by atoms with Crippen molar-refractivity contribution in [2.24, 2.45) is 5.92 Å². The van der Waals surface area contributed by atoms with E-state index in [1.165, 1.54) is 25.0 Å². The normalized spacial score (nSPS) is 17.4. The van der Waals surface area contributed by atoms with Crippen molar-refractivity contribution >= 4 is 0 Å². The van der Waals surface area contributed by atoms with E-state index < -0.39 is 0 Å². The van der Waals surface area contributed by atoms with E-state index in [-0.39, 0.29) is 23.7 Å². The summed E-state index contributed by atoms with van der Waals surface area (Å²) in [5.74, 6) is 0.704. The number of rotatable bonds is 5. The van der Waals surface area contributed by atoms with Crippen LogP contribution in [-0.2, 0) is 0 Å². The number of benzene rings is 2. The minimum absolute atomic E-state index is 0.132. The second-order valence-electron chi connectivity index (χ2n) is 5.85. The van der Waals surface area contributed by atoms with E-state index in [4.69, 9.17) is 0 Å². The lowest BCUT2D eigenvalue weighted by Crippen LogP contribution is -2.26. The fourth-order valence-corrected chi connectivity index (χ4v) is 2.76. The van der Waals surface area contributed by atoms with Crippen molar-refractivity contribution < 1.29 is 9.50 Å². The van der Waals surface area contributed by atoms with Gasteiger partial charge in [-0.25, -0.2) is 4.39 Å². The first-order valence-electron chi connectivity index (χ1n) is 7.44. The third-order valence-corrected chi connectivity index (χ3v) is 4.12. The molecule has 21 heavy (non-hydrogen) atoms. The SMILES string of the molecule is CC(NC(c1ccc(F)cc1)C1CC1)c1cccc(O)c1. The van der Waals surface area contributed by atoms with E-state index in [0.717, 1.165) is 11.1 Å². The van der Waals surface area contributed by atoms with Gasteiger partial charge < -0.3 is 10.4 Å². The molecular weight excluding hydrogens is 265 g/mol. The van der Waals surface area contributed by atoms with E-state index in [2.05, 4.69) is 12.2 Å². The van der Waals surface area contributed by atoms with Crippen LogP contribution in [-0.4, -0.2) is 5.11 Å². The number of hydrogen-bond donors (Lipinski definition) is 2. The first kappa shape index (κ1) is 14.1. The molecule has 2 aromatic carbocycles. The molecule has 2 atom stereocenters. The summed E-state index contributed by atoms with van der Waals surface area (Å²) in [7, 11) is 0. The quantitative estimate of drug-likeness (QED) is 0.857. The Balaban J connectivity index is 1.77. The Bertz CT molecular complexity index is 607. The molecule has 3 heteroatoms. The zero-order valence-electron chi connectivity index (χ0n) is 12.1. The van der Waals surface area contributed by atoms with Crippen LogP contribution in [0.1, 0.15) is 43.0 Å². The fraction of sp³-hybridized carbons (Fsp3) is 0.333. The van der Waals surface area contributed by atoms with Gasteiger partial charge >= 0.3 is 0 Å². The molecule has 1 aliphatic rings. The van der Waals surface area contributed by atoms with Crippen molar-refractivity contribution in [1.29, 1.82) is 0 Å². The van der Waals surface area contributed by atoms with E-state index in [0.29, 0.717) is 5.92 Å². The molecule has 2 aromatic rings. The topological polar surface area (TPSA) is 32.3 Å². The molecule has 1 fully saturated rings. The Morgan fingerprint density at radius 1 is 1.10 bits per heavy atom. The van der Waals surface area contributed by atoms with Crippen LogP contribution in [0.2, 0.25) is 0 Å². The molecule has 0 bridgehead atoms. The Kier molecular flexibility index (Phi) is 3.93. The van der Waals surface area contributed by atoms with E-state index >= 15 is 0 Å². The molecular formula is C18H20FNO. The summed E-state index contributed by atoms with van der Waals surface area (Å²) < 4.78 is 13.1. The van der Waals surface area contributed by atoms with Crippen LogP contribution in [0.15, 0.2) is 48.5 Å². The standard InChI is InChI=1S/C18H20FNO/c1-12(15-3-2-4-17(21)11-15)20-18(13-5-6-13)14-7-9-16(19)10-8-14/h2-4,7-13,18,20-21H,5-6H2,1H3. The van der Waals surface area contributed by atoms with Gasteiger partial charge in [0, 0.05) is 12.1 Å². The predicted octanol–water partition coefficient (Wildman–Crippen LogP) is 4.33. The average Bonchev–Trinajstić information content (AvgIpc) is 3.30. The number of aromatic hydroxyl groups is 1. The van der Waals surface area contributed by atoms with E-state index in [9.17, 15) is 9.50 Å². The summed E-state index contributed by atoms with van der Waals surface area (Å²) in [5, 5.41) is 13.2. The van der Waals surface area contributed by atoms with Gasteiger partial charge in [0.05, 0.1) is 0 Å². The Labute approximate surface area is 124 Å². The van der Waals surface area contributed by atoms with Crippen LogP contribution in [0, 0.1) is 11.7 Å². The molecule has 0 heterocycles. The molecule has 1 saturated carbocycles. The highest BCUT2D eigenvalue weighted by molar-refractivity contribution is 5.30. The van der Waals surface area contributed by atoms with E-state index in [1.54, 1.807) is 12.1 Å². The number of phenols is 1. The molecule has 2 unspecified atom stereocenters. The molecule has 0 spiro atoms. The minimum Gasteiger partial charge on any atom is -0.508 e. The maximum absolute atomic E-state index is 13.1. The molecule has 3 rings (SSSR count). The lowest BCUT2D eigenvalue weighted by Gasteiger charge is -2.24.